The second kappa shape index (κ2) is 3.58. The van der Waals surface area contributed by atoms with Crippen molar-refractivity contribution in [1.82, 2.24) is 5.32 Å². The Morgan fingerprint density at radius 2 is 2.20 bits per heavy atom. The Hall–Kier alpha value is -0.920. The average molecular weight is 246 g/mol. The van der Waals surface area contributed by atoms with Crippen LogP contribution in [0.15, 0.2) is 15.7 Å². The van der Waals surface area contributed by atoms with Gasteiger partial charge in [0.2, 0.25) is 10.0 Å². The lowest BCUT2D eigenvalue weighted by Crippen LogP contribution is -2.24. The van der Waals surface area contributed by atoms with Crippen molar-refractivity contribution in [1.29, 1.82) is 0 Å². The zero-order valence-corrected chi connectivity index (χ0v) is 9.40. The Bertz CT molecular complexity index is 488. The molecule has 3 N–H and O–H groups in total. The van der Waals surface area contributed by atoms with Gasteiger partial charge in [-0.3, -0.25) is 4.79 Å². The molecule has 0 aromatic carbocycles. The first kappa shape index (κ1) is 10.6. The second-order valence-electron chi connectivity index (χ2n) is 3.45. The molecule has 0 radical (unpaired) electrons. The van der Waals surface area contributed by atoms with E-state index >= 15 is 0 Å². The smallest absolute Gasteiger partial charge is 0.252 e. The highest BCUT2D eigenvalue weighted by Gasteiger charge is 2.24. The van der Waals surface area contributed by atoms with Crippen molar-refractivity contribution >= 4 is 27.3 Å². The van der Waals surface area contributed by atoms with Crippen LogP contribution in [0, 0.1) is 0 Å². The number of rotatable bonds is 3. The zero-order chi connectivity index (χ0) is 11.1. The SMILES string of the molecule is NS(=O)(=O)c1cc(C(=O)NC2CC2)cs1. The molecule has 1 aliphatic rings. The maximum atomic E-state index is 11.5. The van der Waals surface area contributed by atoms with Crippen LogP contribution < -0.4 is 10.5 Å². The summed E-state index contributed by atoms with van der Waals surface area (Å²) >= 11 is 0.959. The quantitative estimate of drug-likeness (QED) is 0.803. The van der Waals surface area contributed by atoms with Crippen molar-refractivity contribution in [3.05, 3.63) is 17.0 Å². The minimum Gasteiger partial charge on any atom is -0.349 e. The first-order chi connectivity index (χ1) is 6.97. The van der Waals surface area contributed by atoms with Gasteiger partial charge in [-0.05, 0) is 18.9 Å². The highest BCUT2D eigenvalue weighted by atomic mass is 32.2. The Kier molecular flexibility index (Phi) is 2.53. The van der Waals surface area contributed by atoms with Gasteiger partial charge in [-0.2, -0.15) is 0 Å². The maximum absolute atomic E-state index is 11.5. The van der Waals surface area contributed by atoms with E-state index in [1.165, 1.54) is 11.4 Å². The third-order valence-corrected chi connectivity index (χ3v) is 4.42. The van der Waals surface area contributed by atoms with Gasteiger partial charge in [0, 0.05) is 11.4 Å². The molecular weight excluding hydrogens is 236 g/mol. The number of carbonyl (C=O) groups is 1. The number of carbonyl (C=O) groups excluding carboxylic acids is 1. The molecule has 1 aromatic heterocycles. The van der Waals surface area contributed by atoms with Gasteiger partial charge in [0.15, 0.2) is 0 Å². The molecule has 0 atom stereocenters. The van der Waals surface area contributed by atoms with Gasteiger partial charge < -0.3 is 5.32 Å². The number of amides is 1. The normalized spacial score (nSPS) is 16.3. The summed E-state index contributed by atoms with van der Waals surface area (Å²) in [4.78, 5) is 11.5. The molecule has 0 spiro atoms. The number of thiophene rings is 1. The van der Waals surface area contributed by atoms with Crippen molar-refractivity contribution in [3.63, 3.8) is 0 Å². The fourth-order valence-electron chi connectivity index (χ4n) is 1.08. The third-order valence-electron chi connectivity index (χ3n) is 2.03. The Balaban J connectivity index is 2.15. The van der Waals surface area contributed by atoms with Crippen LogP contribution in [0.1, 0.15) is 23.2 Å². The predicted octanol–water partition coefficient (Wildman–Crippen LogP) is 0.288. The van der Waals surface area contributed by atoms with Crippen LogP contribution in [0.25, 0.3) is 0 Å². The first-order valence-corrected chi connectivity index (χ1v) is 6.81. The van der Waals surface area contributed by atoms with Gasteiger partial charge in [-0.1, -0.05) is 0 Å². The van der Waals surface area contributed by atoms with E-state index in [4.69, 9.17) is 5.14 Å². The molecule has 0 unspecified atom stereocenters. The van der Waals surface area contributed by atoms with Crippen LogP contribution in [0.4, 0.5) is 0 Å². The summed E-state index contributed by atoms with van der Waals surface area (Å²) in [5.41, 5.74) is 0.357. The number of hydrogen-bond donors (Lipinski definition) is 2. The van der Waals surface area contributed by atoms with E-state index in [9.17, 15) is 13.2 Å². The van der Waals surface area contributed by atoms with Crippen LogP contribution in [-0.2, 0) is 10.0 Å². The van der Waals surface area contributed by atoms with E-state index < -0.39 is 10.0 Å². The number of sulfonamides is 1. The molecule has 1 amide bonds. The molecule has 5 nitrogen and oxygen atoms in total. The minimum absolute atomic E-state index is 0.0171. The number of primary sulfonamides is 1. The molecule has 0 saturated heterocycles. The Labute approximate surface area is 91.3 Å². The lowest BCUT2D eigenvalue weighted by molar-refractivity contribution is 0.0951. The summed E-state index contributed by atoms with van der Waals surface area (Å²) < 4.78 is 21.9. The highest BCUT2D eigenvalue weighted by molar-refractivity contribution is 7.91. The van der Waals surface area contributed by atoms with Crippen molar-refractivity contribution in [2.45, 2.75) is 23.1 Å². The van der Waals surface area contributed by atoms with E-state index in [1.54, 1.807) is 0 Å². The maximum Gasteiger partial charge on any atom is 0.252 e. The molecule has 1 fully saturated rings. The van der Waals surface area contributed by atoms with Gasteiger partial charge in [0.1, 0.15) is 4.21 Å². The minimum atomic E-state index is -3.69. The summed E-state index contributed by atoms with van der Waals surface area (Å²) in [6, 6.07) is 1.56. The molecule has 7 heteroatoms. The lowest BCUT2D eigenvalue weighted by atomic mass is 10.3. The average Bonchev–Trinajstić information content (AvgIpc) is 2.80. The monoisotopic (exact) mass is 246 g/mol. The molecule has 82 valence electrons. The van der Waals surface area contributed by atoms with E-state index in [2.05, 4.69) is 5.32 Å². The van der Waals surface area contributed by atoms with E-state index in [-0.39, 0.29) is 16.2 Å². The lowest BCUT2D eigenvalue weighted by Gasteiger charge is -1.98. The molecule has 0 aliphatic heterocycles. The summed E-state index contributed by atoms with van der Waals surface area (Å²) in [7, 11) is -3.69. The molecule has 0 bridgehead atoms. The van der Waals surface area contributed by atoms with Crippen molar-refractivity contribution in [2.75, 3.05) is 0 Å². The summed E-state index contributed by atoms with van der Waals surface area (Å²) in [6.07, 6.45) is 2.00. The van der Waals surface area contributed by atoms with Crippen molar-refractivity contribution < 1.29 is 13.2 Å². The van der Waals surface area contributed by atoms with Gasteiger partial charge >= 0.3 is 0 Å². The van der Waals surface area contributed by atoms with Crippen molar-refractivity contribution in [3.8, 4) is 0 Å². The molecule has 1 saturated carbocycles. The number of hydrogen-bond acceptors (Lipinski definition) is 4. The van der Waals surface area contributed by atoms with Crippen LogP contribution in [0.3, 0.4) is 0 Å². The summed E-state index contributed by atoms with van der Waals surface area (Å²) in [6.45, 7) is 0. The number of nitrogens with two attached hydrogens (primary N) is 1. The van der Waals surface area contributed by atoms with E-state index in [1.807, 2.05) is 0 Å². The van der Waals surface area contributed by atoms with Crippen LogP contribution in [0.2, 0.25) is 0 Å². The largest absolute Gasteiger partial charge is 0.349 e. The van der Waals surface area contributed by atoms with Crippen LogP contribution in [0.5, 0.6) is 0 Å². The predicted molar refractivity (Wildman–Crippen MR) is 56.2 cm³/mol. The molecule has 1 aliphatic carbocycles. The third kappa shape index (κ3) is 2.55. The Morgan fingerprint density at radius 1 is 1.53 bits per heavy atom. The van der Waals surface area contributed by atoms with Gasteiger partial charge in [-0.15, -0.1) is 11.3 Å². The molecule has 1 heterocycles. The molecule has 1 aromatic rings. The molecular formula is C8H10N2O3S2. The highest BCUT2D eigenvalue weighted by Crippen LogP contribution is 2.22. The van der Waals surface area contributed by atoms with Crippen molar-refractivity contribution in [2.24, 2.45) is 5.14 Å². The van der Waals surface area contributed by atoms with E-state index in [0.717, 1.165) is 24.2 Å². The summed E-state index contributed by atoms with van der Waals surface area (Å²) in [5.74, 6) is -0.233. The molecule has 15 heavy (non-hydrogen) atoms. The van der Waals surface area contributed by atoms with E-state index in [0.29, 0.717) is 5.56 Å². The standard InChI is InChI=1S/C8H10N2O3S2/c9-15(12,13)7-3-5(4-14-7)8(11)10-6-1-2-6/h3-4,6H,1-2H2,(H,10,11)(H2,9,12,13). The van der Waals surface area contributed by atoms with Crippen LogP contribution in [-0.4, -0.2) is 20.4 Å². The molecule has 2 rings (SSSR count). The van der Waals surface area contributed by atoms with Crippen LogP contribution >= 0.6 is 11.3 Å². The van der Waals surface area contributed by atoms with Gasteiger partial charge in [-0.25, -0.2) is 13.6 Å². The first-order valence-electron chi connectivity index (χ1n) is 4.39. The topological polar surface area (TPSA) is 89.3 Å². The fourth-order valence-corrected chi connectivity index (χ4v) is 2.67. The zero-order valence-electron chi connectivity index (χ0n) is 7.76. The Morgan fingerprint density at radius 3 is 2.67 bits per heavy atom. The number of nitrogens with one attached hydrogen (secondary N) is 1. The van der Waals surface area contributed by atoms with Gasteiger partial charge in [0.05, 0.1) is 5.56 Å². The second-order valence-corrected chi connectivity index (χ2v) is 6.15. The fraction of sp³-hybridized carbons (Fsp3) is 0.375. The summed E-state index contributed by atoms with van der Waals surface area (Å²) in [5, 5.41) is 9.20. The van der Waals surface area contributed by atoms with Gasteiger partial charge in [0.25, 0.3) is 5.91 Å².